The van der Waals surface area contributed by atoms with Crippen LogP contribution < -0.4 is 15.8 Å². The van der Waals surface area contributed by atoms with Crippen molar-refractivity contribution in [3.05, 3.63) is 94.5 Å². The third kappa shape index (κ3) is 6.69. The number of nitrogens with two attached hydrogens (primary N) is 1. The molecule has 0 amide bonds. The number of anilines is 2. The van der Waals surface area contributed by atoms with Crippen LogP contribution in [0.25, 0.3) is 21.5 Å². The molecule has 0 aliphatic heterocycles. The minimum absolute atomic E-state index is 0.147. The lowest BCUT2D eigenvalue weighted by Crippen LogP contribution is -2.19. The second-order valence-electron chi connectivity index (χ2n) is 8.91. The first-order chi connectivity index (χ1) is 18.6. The Morgan fingerprint density at radius 1 is 1.10 bits per heavy atom. The summed E-state index contributed by atoms with van der Waals surface area (Å²) >= 11 is 7.80. The average molecular weight is 584 g/mol. The van der Waals surface area contributed by atoms with Gasteiger partial charge in [-0.15, -0.1) is 11.3 Å². The fraction of sp³-hybridized carbons (Fsp3) is 0.148. The Hall–Kier alpha value is -3.64. The van der Waals surface area contributed by atoms with Gasteiger partial charge in [0.2, 0.25) is 0 Å². The summed E-state index contributed by atoms with van der Waals surface area (Å²) in [6.45, 7) is 0.182. The standard InChI is InChI=1S/C27H23ClFN5O3S2/c1-39(35,36)14-22(30)25-12-31-27(38-25)17-5-7-23-20(10-17)26(33-15-32-23)34-19-6-8-24(21(28)11-19)37-13-16-3-2-4-18(29)9-16/h2-12,15,22H,13-14,30H2,1H3,(H,32,33,34)/t22-/m1/s1. The molecule has 2 aromatic heterocycles. The Balaban J connectivity index is 1.36. The number of benzene rings is 3. The van der Waals surface area contributed by atoms with Crippen molar-refractivity contribution >= 4 is 55.2 Å². The number of rotatable bonds is 9. The highest BCUT2D eigenvalue weighted by molar-refractivity contribution is 7.90. The predicted molar refractivity (Wildman–Crippen MR) is 153 cm³/mol. The normalized spacial score (nSPS) is 12.4. The van der Waals surface area contributed by atoms with Gasteiger partial charge in [-0.3, -0.25) is 0 Å². The number of fused-ring (bicyclic) bond motifs is 1. The fourth-order valence-corrected chi connectivity index (χ4v) is 6.00. The van der Waals surface area contributed by atoms with Crippen molar-refractivity contribution in [3.8, 4) is 16.3 Å². The van der Waals surface area contributed by atoms with E-state index in [1.165, 1.54) is 29.8 Å². The van der Waals surface area contributed by atoms with E-state index in [-0.39, 0.29) is 18.2 Å². The van der Waals surface area contributed by atoms with Gasteiger partial charge in [0.25, 0.3) is 0 Å². The summed E-state index contributed by atoms with van der Waals surface area (Å²) in [7, 11) is -3.22. The van der Waals surface area contributed by atoms with Gasteiger partial charge in [-0.05, 0) is 54.1 Å². The van der Waals surface area contributed by atoms with Crippen LogP contribution >= 0.6 is 22.9 Å². The van der Waals surface area contributed by atoms with Crippen LogP contribution in [0.1, 0.15) is 16.5 Å². The number of hydrogen-bond donors (Lipinski definition) is 2. The molecule has 2 heterocycles. The molecule has 0 unspecified atom stereocenters. The van der Waals surface area contributed by atoms with E-state index in [1.54, 1.807) is 36.5 Å². The topological polar surface area (TPSA) is 120 Å². The molecule has 5 aromatic rings. The van der Waals surface area contributed by atoms with Crippen LogP contribution in [0.2, 0.25) is 5.02 Å². The summed E-state index contributed by atoms with van der Waals surface area (Å²) < 4.78 is 42.4. The van der Waals surface area contributed by atoms with Crippen molar-refractivity contribution < 1.29 is 17.5 Å². The SMILES string of the molecule is CS(=O)(=O)C[C@@H](N)c1cnc(-c2ccc3ncnc(Nc4ccc(OCc5cccc(F)c5)c(Cl)c4)c3c2)s1. The van der Waals surface area contributed by atoms with Crippen LogP contribution in [-0.2, 0) is 16.4 Å². The molecule has 0 spiro atoms. The van der Waals surface area contributed by atoms with Gasteiger partial charge in [0.1, 0.15) is 45.2 Å². The van der Waals surface area contributed by atoms with E-state index in [1.807, 2.05) is 18.2 Å². The highest BCUT2D eigenvalue weighted by Crippen LogP contribution is 2.34. The summed E-state index contributed by atoms with van der Waals surface area (Å²) in [5, 5.41) is 5.13. The third-order valence-electron chi connectivity index (χ3n) is 5.73. The van der Waals surface area contributed by atoms with Crippen molar-refractivity contribution in [2.45, 2.75) is 12.6 Å². The molecule has 0 bridgehead atoms. The lowest BCUT2D eigenvalue weighted by atomic mass is 10.1. The first-order valence-electron chi connectivity index (χ1n) is 11.7. The summed E-state index contributed by atoms with van der Waals surface area (Å²) in [6, 6.07) is 16.5. The van der Waals surface area contributed by atoms with E-state index in [9.17, 15) is 12.8 Å². The van der Waals surface area contributed by atoms with Gasteiger partial charge in [0, 0.05) is 34.0 Å². The van der Waals surface area contributed by atoms with Crippen LogP contribution in [0, 0.1) is 5.82 Å². The molecule has 3 N–H and O–H groups in total. The quantitative estimate of drug-likeness (QED) is 0.220. The molecular weight excluding hydrogens is 561 g/mol. The lowest BCUT2D eigenvalue weighted by Gasteiger charge is -2.12. The zero-order chi connectivity index (χ0) is 27.6. The van der Waals surface area contributed by atoms with Crippen molar-refractivity contribution in [3.63, 3.8) is 0 Å². The van der Waals surface area contributed by atoms with E-state index in [4.69, 9.17) is 22.1 Å². The second-order valence-corrected chi connectivity index (χ2v) is 12.6. The van der Waals surface area contributed by atoms with Gasteiger partial charge < -0.3 is 15.8 Å². The van der Waals surface area contributed by atoms with E-state index < -0.39 is 15.9 Å². The number of ether oxygens (including phenoxy) is 1. The number of hydrogen-bond acceptors (Lipinski definition) is 9. The van der Waals surface area contributed by atoms with E-state index in [2.05, 4.69) is 20.3 Å². The molecule has 3 aromatic carbocycles. The van der Waals surface area contributed by atoms with Crippen molar-refractivity contribution in [1.82, 2.24) is 15.0 Å². The van der Waals surface area contributed by atoms with Gasteiger partial charge in [0.15, 0.2) is 0 Å². The zero-order valence-corrected chi connectivity index (χ0v) is 23.0. The number of nitrogens with one attached hydrogen (secondary N) is 1. The highest BCUT2D eigenvalue weighted by atomic mass is 35.5. The summed E-state index contributed by atoms with van der Waals surface area (Å²) in [5.74, 6) is 0.561. The molecule has 12 heteroatoms. The van der Waals surface area contributed by atoms with Gasteiger partial charge in [-0.1, -0.05) is 23.7 Å². The largest absolute Gasteiger partial charge is 0.487 e. The Morgan fingerprint density at radius 2 is 1.95 bits per heavy atom. The predicted octanol–water partition coefficient (Wildman–Crippen LogP) is 5.91. The van der Waals surface area contributed by atoms with Crippen molar-refractivity contribution in [2.75, 3.05) is 17.3 Å². The summed E-state index contributed by atoms with van der Waals surface area (Å²) in [4.78, 5) is 13.9. The molecule has 0 saturated carbocycles. The number of halogens is 2. The highest BCUT2D eigenvalue weighted by Gasteiger charge is 2.17. The Bertz CT molecular complexity index is 1760. The smallest absolute Gasteiger partial charge is 0.149 e. The molecule has 39 heavy (non-hydrogen) atoms. The molecule has 1 atom stereocenters. The first-order valence-corrected chi connectivity index (χ1v) is 15.0. The minimum Gasteiger partial charge on any atom is -0.487 e. The lowest BCUT2D eigenvalue weighted by molar-refractivity contribution is 0.306. The molecule has 200 valence electrons. The monoisotopic (exact) mass is 583 g/mol. The van der Waals surface area contributed by atoms with E-state index in [0.717, 1.165) is 22.7 Å². The van der Waals surface area contributed by atoms with Gasteiger partial charge in [0.05, 0.1) is 22.3 Å². The first kappa shape index (κ1) is 26.9. The number of sulfone groups is 1. The molecule has 0 radical (unpaired) electrons. The fourth-order valence-electron chi connectivity index (χ4n) is 3.91. The van der Waals surface area contributed by atoms with Gasteiger partial charge in [-0.2, -0.15) is 0 Å². The second kappa shape index (κ2) is 11.2. The zero-order valence-electron chi connectivity index (χ0n) is 20.6. The van der Waals surface area contributed by atoms with Crippen LogP contribution in [0.3, 0.4) is 0 Å². The van der Waals surface area contributed by atoms with Gasteiger partial charge >= 0.3 is 0 Å². The molecule has 0 aliphatic rings. The third-order valence-corrected chi connectivity index (χ3v) is 8.17. The number of aromatic nitrogens is 3. The maximum absolute atomic E-state index is 13.4. The molecule has 0 aliphatic carbocycles. The van der Waals surface area contributed by atoms with Crippen LogP contribution in [0.4, 0.5) is 15.9 Å². The minimum atomic E-state index is -3.22. The molecular formula is C27H23ClFN5O3S2. The van der Waals surface area contributed by atoms with E-state index >= 15 is 0 Å². The average Bonchev–Trinajstić information content (AvgIpc) is 3.38. The Kier molecular flexibility index (Phi) is 7.76. The molecule has 5 rings (SSSR count). The number of nitrogens with zero attached hydrogens (tertiary/aromatic N) is 3. The Labute approximate surface area is 233 Å². The molecule has 8 nitrogen and oxygen atoms in total. The maximum Gasteiger partial charge on any atom is 0.149 e. The van der Waals surface area contributed by atoms with Crippen molar-refractivity contribution in [1.29, 1.82) is 0 Å². The molecule has 0 fully saturated rings. The summed E-state index contributed by atoms with van der Waals surface area (Å²) in [5.41, 5.74) is 9.01. The van der Waals surface area contributed by atoms with Gasteiger partial charge in [-0.25, -0.2) is 27.8 Å². The Morgan fingerprint density at radius 3 is 2.72 bits per heavy atom. The molecule has 0 saturated heterocycles. The van der Waals surface area contributed by atoms with E-state index in [0.29, 0.717) is 37.7 Å². The maximum atomic E-state index is 13.4. The van der Waals surface area contributed by atoms with Crippen LogP contribution in [-0.4, -0.2) is 35.4 Å². The van der Waals surface area contributed by atoms with Crippen molar-refractivity contribution in [2.24, 2.45) is 5.73 Å². The van der Waals surface area contributed by atoms with Crippen LogP contribution in [0.15, 0.2) is 73.2 Å². The number of thiazole rings is 1. The van der Waals surface area contributed by atoms with Crippen LogP contribution in [0.5, 0.6) is 5.75 Å². The summed E-state index contributed by atoms with van der Waals surface area (Å²) in [6.07, 6.45) is 4.24.